The number of benzene rings is 1. The molecule has 5 nitrogen and oxygen atoms in total. The summed E-state index contributed by atoms with van der Waals surface area (Å²) >= 11 is 0. The minimum atomic E-state index is -4.58. The lowest BCUT2D eigenvalue weighted by atomic mass is 10.1. The molecule has 1 aromatic rings. The maximum atomic E-state index is 13.3. The van der Waals surface area contributed by atoms with Crippen molar-refractivity contribution in [1.82, 2.24) is 10.2 Å². The van der Waals surface area contributed by atoms with Crippen molar-refractivity contribution in [1.29, 1.82) is 0 Å². The summed E-state index contributed by atoms with van der Waals surface area (Å²) in [7, 11) is 1.78. The van der Waals surface area contributed by atoms with Gasteiger partial charge in [-0.15, -0.1) is 0 Å². The second-order valence-electron chi connectivity index (χ2n) is 6.77. The van der Waals surface area contributed by atoms with Crippen LogP contribution in [-0.4, -0.2) is 49.4 Å². The SMILES string of the molecule is CNCC1CCCN1C(=O)c1cc(N2CCCC2=O)cc(C(F)(F)F)c1. The van der Waals surface area contributed by atoms with Crippen molar-refractivity contribution in [2.75, 3.05) is 31.6 Å². The van der Waals surface area contributed by atoms with Gasteiger partial charge in [-0.25, -0.2) is 0 Å². The average molecular weight is 369 g/mol. The number of halogens is 3. The zero-order valence-corrected chi connectivity index (χ0v) is 14.6. The molecule has 142 valence electrons. The first-order valence-electron chi connectivity index (χ1n) is 8.79. The Bertz CT molecular complexity index is 705. The molecule has 0 bridgehead atoms. The van der Waals surface area contributed by atoms with Gasteiger partial charge in [0.2, 0.25) is 5.91 Å². The van der Waals surface area contributed by atoms with Crippen LogP contribution in [0.4, 0.5) is 18.9 Å². The molecule has 1 unspecified atom stereocenters. The number of nitrogens with zero attached hydrogens (tertiary/aromatic N) is 2. The fourth-order valence-electron chi connectivity index (χ4n) is 3.69. The zero-order valence-electron chi connectivity index (χ0n) is 14.6. The summed E-state index contributed by atoms with van der Waals surface area (Å²) in [5.41, 5.74) is -0.769. The second kappa shape index (κ2) is 7.26. The number of hydrogen-bond donors (Lipinski definition) is 1. The molecule has 1 N–H and O–H groups in total. The van der Waals surface area contributed by atoms with E-state index in [1.807, 2.05) is 0 Å². The van der Waals surface area contributed by atoms with Gasteiger partial charge in [0, 0.05) is 43.3 Å². The van der Waals surface area contributed by atoms with Crippen molar-refractivity contribution in [3.05, 3.63) is 29.3 Å². The van der Waals surface area contributed by atoms with E-state index in [2.05, 4.69) is 5.32 Å². The van der Waals surface area contributed by atoms with Gasteiger partial charge in [0.15, 0.2) is 0 Å². The van der Waals surface area contributed by atoms with Gasteiger partial charge in [-0.05, 0) is 44.5 Å². The summed E-state index contributed by atoms with van der Waals surface area (Å²) in [6.45, 7) is 1.50. The number of carbonyl (C=O) groups excluding carboxylic acids is 2. The minimum Gasteiger partial charge on any atom is -0.334 e. The molecule has 1 atom stereocenters. The van der Waals surface area contributed by atoms with Crippen molar-refractivity contribution in [3.8, 4) is 0 Å². The number of hydrogen-bond acceptors (Lipinski definition) is 3. The summed E-state index contributed by atoms with van der Waals surface area (Å²) < 4.78 is 40.0. The van der Waals surface area contributed by atoms with Crippen LogP contribution in [-0.2, 0) is 11.0 Å². The van der Waals surface area contributed by atoms with Crippen LogP contribution >= 0.6 is 0 Å². The largest absolute Gasteiger partial charge is 0.416 e. The van der Waals surface area contributed by atoms with Crippen LogP contribution in [0.2, 0.25) is 0 Å². The third kappa shape index (κ3) is 3.70. The summed E-state index contributed by atoms with van der Waals surface area (Å²) in [6.07, 6.45) is -2.01. The number of likely N-dealkylation sites (N-methyl/N-ethyl adjacent to an activating group) is 1. The number of amides is 2. The van der Waals surface area contributed by atoms with Crippen molar-refractivity contribution >= 4 is 17.5 Å². The van der Waals surface area contributed by atoms with Crippen LogP contribution < -0.4 is 10.2 Å². The van der Waals surface area contributed by atoms with Gasteiger partial charge < -0.3 is 15.1 Å². The van der Waals surface area contributed by atoms with Crippen LogP contribution in [0.1, 0.15) is 41.6 Å². The topological polar surface area (TPSA) is 52.7 Å². The molecule has 0 radical (unpaired) electrons. The molecule has 2 aliphatic heterocycles. The number of rotatable bonds is 4. The lowest BCUT2D eigenvalue weighted by Gasteiger charge is -2.26. The summed E-state index contributed by atoms with van der Waals surface area (Å²) in [6, 6.07) is 3.23. The maximum absolute atomic E-state index is 13.3. The highest BCUT2D eigenvalue weighted by molar-refractivity contribution is 5.99. The molecular weight excluding hydrogens is 347 g/mol. The van der Waals surface area contributed by atoms with Gasteiger partial charge in [-0.1, -0.05) is 0 Å². The molecule has 2 saturated heterocycles. The molecule has 2 aliphatic rings. The van der Waals surface area contributed by atoms with Gasteiger partial charge in [-0.3, -0.25) is 9.59 Å². The van der Waals surface area contributed by atoms with Gasteiger partial charge in [-0.2, -0.15) is 13.2 Å². The first-order chi connectivity index (χ1) is 12.3. The summed E-state index contributed by atoms with van der Waals surface area (Å²) in [4.78, 5) is 27.8. The average Bonchev–Trinajstić information content (AvgIpc) is 3.22. The molecule has 2 amide bonds. The standard InChI is InChI=1S/C18H22F3N3O2/c1-22-11-14-4-2-7-24(14)17(26)12-8-13(18(19,20)21)10-15(9-12)23-6-3-5-16(23)25/h8-10,14,22H,2-7,11H2,1H3. The number of anilines is 1. The highest BCUT2D eigenvalue weighted by Crippen LogP contribution is 2.35. The van der Waals surface area contributed by atoms with E-state index in [0.29, 0.717) is 32.5 Å². The van der Waals surface area contributed by atoms with Crippen molar-refractivity contribution in [2.45, 2.75) is 37.9 Å². The monoisotopic (exact) mass is 369 g/mol. The summed E-state index contributed by atoms with van der Waals surface area (Å²) in [5, 5.41) is 3.02. The molecule has 0 aromatic heterocycles. The first-order valence-corrected chi connectivity index (χ1v) is 8.79. The Morgan fingerprint density at radius 3 is 2.62 bits per heavy atom. The highest BCUT2D eigenvalue weighted by Gasteiger charge is 2.35. The molecule has 0 spiro atoms. The summed E-state index contributed by atoms with van der Waals surface area (Å²) in [5.74, 6) is -0.626. The van der Waals surface area contributed by atoms with Crippen LogP contribution in [0.25, 0.3) is 0 Å². The Kier molecular flexibility index (Phi) is 5.22. The zero-order chi connectivity index (χ0) is 18.9. The predicted octanol–water partition coefficient (Wildman–Crippen LogP) is 2.66. The van der Waals surface area contributed by atoms with E-state index < -0.39 is 17.6 Å². The van der Waals surface area contributed by atoms with E-state index in [-0.39, 0.29) is 23.2 Å². The minimum absolute atomic E-state index is 0.0162. The van der Waals surface area contributed by atoms with Gasteiger partial charge in [0.05, 0.1) is 5.56 Å². The molecule has 0 saturated carbocycles. The molecule has 3 rings (SSSR count). The fraction of sp³-hybridized carbons (Fsp3) is 0.556. The van der Waals surface area contributed by atoms with Gasteiger partial charge >= 0.3 is 6.18 Å². The van der Waals surface area contributed by atoms with E-state index in [4.69, 9.17) is 0 Å². The maximum Gasteiger partial charge on any atom is 0.416 e. The van der Waals surface area contributed by atoms with Crippen molar-refractivity contribution in [2.24, 2.45) is 0 Å². The molecule has 2 fully saturated rings. The third-order valence-electron chi connectivity index (χ3n) is 4.95. The molecule has 8 heteroatoms. The van der Waals surface area contributed by atoms with Crippen molar-refractivity contribution in [3.63, 3.8) is 0 Å². The molecule has 0 aliphatic carbocycles. The highest BCUT2D eigenvalue weighted by atomic mass is 19.4. The van der Waals surface area contributed by atoms with Crippen LogP contribution in [0.15, 0.2) is 18.2 Å². The van der Waals surface area contributed by atoms with Gasteiger partial charge in [0.1, 0.15) is 0 Å². The number of alkyl halides is 3. The number of nitrogens with one attached hydrogen (secondary N) is 1. The first kappa shape index (κ1) is 18.7. The molecule has 1 aromatic carbocycles. The normalized spacial score (nSPS) is 20.9. The van der Waals surface area contributed by atoms with E-state index >= 15 is 0 Å². The van der Waals surface area contributed by atoms with Gasteiger partial charge in [0.25, 0.3) is 5.91 Å². The Balaban J connectivity index is 1.97. The quantitative estimate of drug-likeness (QED) is 0.888. The van der Waals surface area contributed by atoms with E-state index in [1.165, 1.54) is 11.0 Å². The van der Waals surface area contributed by atoms with E-state index in [0.717, 1.165) is 25.0 Å². The smallest absolute Gasteiger partial charge is 0.334 e. The van der Waals surface area contributed by atoms with Crippen LogP contribution in [0.3, 0.4) is 0 Å². The number of carbonyl (C=O) groups is 2. The van der Waals surface area contributed by atoms with Crippen LogP contribution in [0.5, 0.6) is 0 Å². The molecular formula is C18H22F3N3O2. The lowest BCUT2D eigenvalue weighted by Crippen LogP contribution is -2.41. The van der Waals surface area contributed by atoms with Crippen LogP contribution in [0, 0.1) is 0 Å². The second-order valence-corrected chi connectivity index (χ2v) is 6.77. The third-order valence-corrected chi connectivity index (χ3v) is 4.95. The number of likely N-dealkylation sites (tertiary alicyclic amines) is 1. The molecule has 26 heavy (non-hydrogen) atoms. The fourth-order valence-corrected chi connectivity index (χ4v) is 3.69. The Hall–Kier alpha value is -2.09. The Morgan fingerprint density at radius 2 is 2.00 bits per heavy atom. The lowest BCUT2D eigenvalue weighted by molar-refractivity contribution is -0.137. The van der Waals surface area contributed by atoms with Crippen molar-refractivity contribution < 1.29 is 22.8 Å². The van der Waals surface area contributed by atoms with E-state index in [9.17, 15) is 22.8 Å². The predicted molar refractivity (Wildman–Crippen MR) is 91.0 cm³/mol. The molecule has 2 heterocycles. The van der Waals surface area contributed by atoms with E-state index in [1.54, 1.807) is 11.9 Å². The Labute approximate surface area is 150 Å². The Morgan fingerprint density at radius 1 is 1.23 bits per heavy atom.